The second-order valence-electron chi connectivity index (χ2n) is 3.61. The zero-order chi connectivity index (χ0) is 10.6. The summed E-state index contributed by atoms with van der Waals surface area (Å²) in [5, 5.41) is 2.51. The van der Waals surface area contributed by atoms with Gasteiger partial charge in [-0.15, -0.1) is 0 Å². The monoisotopic (exact) mass is 200 g/mol. The molecule has 14 heavy (non-hydrogen) atoms. The number of nitrogens with one attached hydrogen (secondary N) is 1. The van der Waals surface area contributed by atoms with E-state index in [9.17, 15) is 9.59 Å². The van der Waals surface area contributed by atoms with E-state index in [1.807, 2.05) is 6.92 Å². The highest BCUT2D eigenvalue weighted by molar-refractivity contribution is 5.92. The summed E-state index contributed by atoms with van der Waals surface area (Å²) in [5.74, 6) is 0.150. The van der Waals surface area contributed by atoms with Crippen molar-refractivity contribution in [1.29, 1.82) is 0 Å². The minimum Gasteiger partial charge on any atom is -0.384 e. The molecule has 0 saturated carbocycles. The fraction of sp³-hybridized carbons (Fsp3) is 0.778. The number of amides is 2. The summed E-state index contributed by atoms with van der Waals surface area (Å²) in [7, 11) is 1.63. The topological polar surface area (TPSA) is 58.6 Å². The van der Waals surface area contributed by atoms with Crippen LogP contribution < -0.4 is 5.32 Å². The Morgan fingerprint density at radius 1 is 1.57 bits per heavy atom. The molecular weight excluding hydrogens is 184 g/mol. The Morgan fingerprint density at radius 3 is 2.93 bits per heavy atom. The molecule has 1 atom stereocenters. The standard InChI is InChI=1S/C9H16N2O3/c1-7(6-14-2)4-11-5-8(12)10-3-9(11)13/h7H,3-6H2,1-2H3,(H,10,12). The normalized spacial score (nSPS) is 19.4. The number of methoxy groups -OCH3 is 1. The van der Waals surface area contributed by atoms with Crippen LogP contribution in [0.2, 0.25) is 0 Å². The van der Waals surface area contributed by atoms with Gasteiger partial charge in [0.2, 0.25) is 11.8 Å². The number of hydrogen-bond donors (Lipinski definition) is 1. The summed E-state index contributed by atoms with van der Waals surface area (Å²) in [6.45, 7) is 3.47. The highest BCUT2D eigenvalue weighted by Crippen LogP contribution is 2.03. The number of carbonyl (C=O) groups excluding carboxylic acids is 2. The van der Waals surface area contributed by atoms with Gasteiger partial charge in [-0.05, 0) is 5.92 Å². The van der Waals surface area contributed by atoms with Gasteiger partial charge in [0.25, 0.3) is 0 Å². The van der Waals surface area contributed by atoms with E-state index in [2.05, 4.69) is 5.32 Å². The van der Waals surface area contributed by atoms with Gasteiger partial charge in [0, 0.05) is 13.7 Å². The van der Waals surface area contributed by atoms with E-state index in [4.69, 9.17) is 4.74 Å². The maximum absolute atomic E-state index is 11.3. The van der Waals surface area contributed by atoms with Crippen LogP contribution in [0.25, 0.3) is 0 Å². The molecule has 0 aromatic rings. The number of rotatable bonds is 4. The van der Waals surface area contributed by atoms with Crippen molar-refractivity contribution in [2.24, 2.45) is 5.92 Å². The molecule has 5 heteroatoms. The van der Waals surface area contributed by atoms with Crippen molar-refractivity contribution < 1.29 is 14.3 Å². The number of piperazine rings is 1. The molecule has 80 valence electrons. The lowest BCUT2D eigenvalue weighted by Crippen LogP contribution is -2.52. The molecule has 0 bridgehead atoms. The maximum Gasteiger partial charge on any atom is 0.242 e. The van der Waals surface area contributed by atoms with Crippen molar-refractivity contribution in [3.05, 3.63) is 0 Å². The first kappa shape index (κ1) is 11.0. The van der Waals surface area contributed by atoms with Crippen LogP contribution in [-0.2, 0) is 14.3 Å². The lowest BCUT2D eigenvalue weighted by molar-refractivity contribution is -0.141. The van der Waals surface area contributed by atoms with Crippen LogP contribution >= 0.6 is 0 Å². The number of carbonyl (C=O) groups is 2. The molecular formula is C9H16N2O3. The van der Waals surface area contributed by atoms with E-state index in [0.717, 1.165) is 0 Å². The molecule has 1 saturated heterocycles. The summed E-state index contributed by atoms with van der Waals surface area (Å²) in [6, 6.07) is 0. The van der Waals surface area contributed by atoms with Gasteiger partial charge in [0.15, 0.2) is 0 Å². The van der Waals surface area contributed by atoms with Gasteiger partial charge in [-0.2, -0.15) is 0 Å². The van der Waals surface area contributed by atoms with Crippen molar-refractivity contribution >= 4 is 11.8 Å². The van der Waals surface area contributed by atoms with E-state index in [1.165, 1.54) is 0 Å². The summed E-state index contributed by atoms with van der Waals surface area (Å²) in [6.07, 6.45) is 0. The molecule has 1 fully saturated rings. The molecule has 0 radical (unpaired) electrons. The minimum atomic E-state index is -0.0887. The molecule has 2 amide bonds. The van der Waals surface area contributed by atoms with Gasteiger partial charge in [-0.3, -0.25) is 9.59 Å². The fourth-order valence-corrected chi connectivity index (χ4v) is 1.48. The van der Waals surface area contributed by atoms with E-state index >= 15 is 0 Å². The van der Waals surface area contributed by atoms with Gasteiger partial charge in [-0.25, -0.2) is 0 Å². The minimum absolute atomic E-state index is 0.0208. The molecule has 0 aliphatic carbocycles. The third kappa shape index (κ3) is 2.99. The van der Waals surface area contributed by atoms with Crippen LogP contribution in [0.15, 0.2) is 0 Å². The molecule has 1 aliphatic rings. The Labute approximate surface area is 83.4 Å². The third-order valence-corrected chi connectivity index (χ3v) is 2.11. The summed E-state index contributed by atoms with van der Waals surface area (Å²) >= 11 is 0. The quantitative estimate of drug-likeness (QED) is 0.648. The Morgan fingerprint density at radius 2 is 2.29 bits per heavy atom. The molecule has 1 aliphatic heterocycles. The van der Waals surface area contributed by atoms with Gasteiger partial charge >= 0.3 is 0 Å². The van der Waals surface area contributed by atoms with Gasteiger partial charge in [0.1, 0.15) is 0 Å². The van der Waals surface area contributed by atoms with Crippen molar-refractivity contribution in [1.82, 2.24) is 10.2 Å². The first-order valence-electron chi connectivity index (χ1n) is 4.67. The average Bonchev–Trinajstić information content (AvgIpc) is 2.12. The first-order valence-corrected chi connectivity index (χ1v) is 4.67. The number of ether oxygens (including phenoxy) is 1. The van der Waals surface area contributed by atoms with E-state index in [-0.39, 0.29) is 30.8 Å². The van der Waals surface area contributed by atoms with Crippen molar-refractivity contribution in [3.8, 4) is 0 Å². The molecule has 1 rings (SSSR count). The average molecular weight is 200 g/mol. The number of hydrogen-bond acceptors (Lipinski definition) is 3. The van der Waals surface area contributed by atoms with Crippen LogP contribution in [0.1, 0.15) is 6.92 Å². The summed E-state index contributed by atoms with van der Waals surface area (Å²) in [4.78, 5) is 23.9. The highest BCUT2D eigenvalue weighted by atomic mass is 16.5. The van der Waals surface area contributed by atoms with Crippen LogP contribution in [0.5, 0.6) is 0 Å². The van der Waals surface area contributed by atoms with E-state index in [1.54, 1.807) is 12.0 Å². The van der Waals surface area contributed by atoms with Gasteiger partial charge < -0.3 is 15.0 Å². The molecule has 1 heterocycles. The molecule has 5 nitrogen and oxygen atoms in total. The lowest BCUT2D eigenvalue weighted by atomic mass is 10.1. The van der Waals surface area contributed by atoms with Crippen LogP contribution in [0, 0.1) is 5.92 Å². The molecule has 0 spiro atoms. The van der Waals surface area contributed by atoms with Crippen LogP contribution in [0.3, 0.4) is 0 Å². The smallest absolute Gasteiger partial charge is 0.242 e. The van der Waals surface area contributed by atoms with E-state index < -0.39 is 0 Å². The second kappa shape index (κ2) is 4.95. The molecule has 1 N–H and O–H groups in total. The Bertz CT molecular complexity index is 230. The van der Waals surface area contributed by atoms with Crippen molar-refractivity contribution in [3.63, 3.8) is 0 Å². The maximum atomic E-state index is 11.3. The Kier molecular flexibility index (Phi) is 3.88. The van der Waals surface area contributed by atoms with Gasteiger partial charge in [-0.1, -0.05) is 6.92 Å². The predicted molar refractivity (Wildman–Crippen MR) is 50.6 cm³/mol. The van der Waals surface area contributed by atoms with Crippen molar-refractivity contribution in [2.75, 3.05) is 33.4 Å². The first-order chi connectivity index (χ1) is 6.63. The highest BCUT2D eigenvalue weighted by Gasteiger charge is 2.23. The SMILES string of the molecule is COCC(C)CN1CC(=O)NCC1=O. The summed E-state index contributed by atoms with van der Waals surface area (Å²) < 4.78 is 4.97. The molecule has 0 aromatic heterocycles. The second-order valence-corrected chi connectivity index (χ2v) is 3.61. The number of nitrogens with zero attached hydrogens (tertiary/aromatic N) is 1. The zero-order valence-corrected chi connectivity index (χ0v) is 8.58. The zero-order valence-electron chi connectivity index (χ0n) is 8.58. The van der Waals surface area contributed by atoms with E-state index in [0.29, 0.717) is 13.2 Å². The molecule has 0 aromatic carbocycles. The molecule has 1 unspecified atom stereocenters. The van der Waals surface area contributed by atoms with Gasteiger partial charge in [0.05, 0.1) is 19.7 Å². The van der Waals surface area contributed by atoms with Crippen LogP contribution in [-0.4, -0.2) is 50.1 Å². The summed E-state index contributed by atoms with van der Waals surface area (Å²) in [5.41, 5.74) is 0. The fourth-order valence-electron chi connectivity index (χ4n) is 1.48. The largest absolute Gasteiger partial charge is 0.384 e. The predicted octanol–water partition coefficient (Wildman–Crippen LogP) is -0.773. The van der Waals surface area contributed by atoms with Crippen molar-refractivity contribution in [2.45, 2.75) is 6.92 Å². The lowest BCUT2D eigenvalue weighted by Gasteiger charge is -2.28. The third-order valence-electron chi connectivity index (χ3n) is 2.11. The van der Waals surface area contributed by atoms with Crippen LogP contribution in [0.4, 0.5) is 0 Å². The Balaban J connectivity index is 2.41. The Hall–Kier alpha value is -1.10.